The maximum absolute atomic E-state index is 12.5. The van der Waals surface area contributed by atoms with Gasteiger partial charge in [-0.25, -0.2) is 0 Å². The van der Waals surface area contributed by atoms with Gasteiger partial charge in [0.2, 0.25) is 0 Å². The second-order valence-corrected chi connectivity index (χ2v) is 5.92. The van der Waals surface area contributed by atoms with E-state index >= 15 is 0 Å². The predicted molar refractivity (Wildman–Crippen MR) is 75.9 cm³/mol. The molecule has 2 N–H and O–H groups in total. The summed E-state index contributed by atoms with van der Waals surface area (Å²) in [5.74, 6) is 1.10. The average Bonchev–Trinajstić information content (AvgIpc) is 2.92. The van der Waals surface area contributed by atoms with E-state index in [1.165, 1.54) is 12.8 Å². The summed E-state index contributed by atoms with van der Waals surface area (Å²) in [4.78, 5) is 14.4. The van der Waals surface area contributed by atoms with Gasteiger partial charge in [-0.1, -0.05) is 6.42 Å². The fraction of sp³-hybridized carbons (Fsp3) is 0.500. The first-order valence-corrected chi connectivity index (χ1v) is 7.24. The zero-order valence-electron chi connectivity index (χ0n) is 11.5. The molecule has 1 aromatic rings. The molecule has 3 unspecified atom stereocenters. The van der Waals surface area contributed by atoms with Crippen molar-refractivity contribution in [1.82, 2.24) is 4.90 Å². The number of fused-ring (bicyclic) bond motifs is 1. The number of carbonyl (C=O) groups is 1. The molecule has 0 radical (unpaired) electrons. The molecule has 0 spiro atoms. The van der Waals surface area contributed by atoms with Gasteiger partial charge in [-0.05, 0) is 48.9 Å². The predicted octanol–water partition coefficient (Wildman–Crippen LogP) is 1.76. The first-order chi connectivity index (χ1) is 9.69. The van der Waals surface area contributed by atoms with E-state index in [1.54, 1.807) is 24.3 Å². The number of hydrogen-bond acceptors (Lipinski definition) is 3. The normalized spacial score (nSPS) is 28.8. The summed E-state index contributed by atoms with van der Waals surface area (Å²) in [7, 11) is 0. The van der Waals surface area contributed by atoms with E-state index in [0.29, 0.717) is 23.0 Å². The van der Waals surface area contributed by atoms with Crippen LogP contribution in [-0.2, 0) is 0 Å². The van der Waals surface area contributed by atoms with Gasteiger partial charge in [-0.15, -0.1) is 0 Å². The lowest BCUT2D eigenvalue weighted by atomic mass is 9.78. The number of likely N-dealkylation sites (tertiary alicyclic amines) is 1. The van der Waals surface area contributed by atoms with Crippen LogP contribution in [0.25, 0.3) is 0 Å². The molecule has 4 nitrogen and oxygen atoms in total. The summed E-state index contributed by atoms with van der Waals surface area (Å²) in [5, 5.41) is 8.79. The third kappa shape index (κ3) is 2.30. The van der Waals surface area contributed by atoms with Gasteiger partial charge >= 0.3 is 0 Å². The quantitative estimate of drug-likeness (QED) is 0.844. The zero-order valence-corrected chi connectivity index (χ0v) is 11.5. The number of rotatable bonds is 1. The van der Waals surface area contributed by atoms with E-state index in [9.17, 15) is 4.79 Å². The molecule has 4 heteroatoms. The molecule has 0 bridgehead atoms. The largest absolute Gasteiger partial charge is 0.338 e. The summed E-state index contributed by atoms with van der Waals surface area (Å²) in [6.45, 7) is 1.61. The third-order valence-corrected chi connectivity index (χ3v) is 4.70. The van der Waals surface area contributed by atoms with Gasteiger partial charge in [0.25, 0.3) is 5.91 Å². The van der Waals surface area contributed by atoms with E-state index in [4.69, 9.17) is 11.0 Å². The Morgan fingerprint density at radius 1 is 1.25 bits per heavy atom. The second kappa shape index (κ2) is 5.26. The van der Waals surface area contributed by atoms with Crippen molar-refractivity contribution < 1.29 is 4.79 Å². The molecule has 20 heavy (non-hydrogen) atoms. The summed E-state index contributed by atoms with van der Waals surface area (Å²) >= 11 is 0. The molecule has 1 saturated heterocycles. The molecular weight excluding hydrogens is 250 g/mol. The Hall–Kier alpha value is -1.86. The van der Waals surface area contributed by atoms with Gasteiger partial charge in [-0.2, -0.15) is 5.26 Å². The van der Waals surface area contributed by atoms with Crippen LogP contribution in [0.3, 0.4) is 0 Å². The van der Waals surface area contributed by atoms with Crippen LogP contribution in [-0.4, -0.2) is 29.9 Å². The highest BCUT2D eigenvalue weighted by Crippen LogP contribution is 2.36. The highest BCUT2D eigenvalue weighted by molar-refractivity contribution is 5.94. The minimum atomic E-state index is 0.0658. The van der Waals surface area contributed by atoms with Crippen molar-refractivity contribution in [3.05, 3.63) is 35.4 Å². The monoisotopic (exact) mass is 269 g/mol. The zero-order chi connectivity index (χ0) is 14.1. The molecule has 1 amide bonds. The van der Waals surface area contributed by atoms with Crippen LogP contribution in [0.2, 0.25) is 0 Å². The summed E-state index contributed by atoms with van der Waals surface area (Å²) in [6.07, 6.45) is 3.46. The molecule has 1 aromatic carbocycles. The molecule has 1 aliphatic carbocycles. The SMILES string of the molecule is N#Cc1ccc(C(=O)N2CC3CCCC(N)C3C2)cc1. The number of nitriles is 1. The highest BCUT2D eigenvalue weighted by atomic mass is 16.2. The van der Waals surface area contributed by atoms with Gasteiger partial charge in [0.15, 0.2) is 0 Å². The molecule has 3 rings (SSSR count). The number of nitrogens with zero attached hydrogens (tertiary/aromatic N) is 2. The van der Waals surface area contributed by atoms with E-state index in [0.717, 1.165) is 19.5 Å². The molecule has 2 fully saturated rings. The van der Waals surface area contributed by atoms with Crippen molar-refractivity contribution in [1.29, 1.82) is 5.26 Å². The van der Waals surface area contributed by atoms with E-state index < -0.39 is 0 Å². The van der Waals surface area contributed by atoms with Crippen LogP contribution in [0.5, 0.6) is 0 Å². The lowest BCUT2D eigenvalue weighted by Gasteiger charge is -2.29. The smallest absolute Gasteiger partial charge is 0.253 e. The van der Waals surface area contributed by atoms with Crippen molar-refractivity contribution in [2.24, 2.45) is 17.6 Å². The third-order valence-electron chi connectivity index (χ3n) is 4.70. The Morgan fingerprint density at radius 3 is 2.65 bits per heavy atom. The lowest BCUT2D eigenvalue weighted by Crippen LogP contribution is -2.38. The Bertz CT molecular complexity index is 546. The molecule has 2 aliphatic rings. The van der Waals surface area contributed by atoms with Crippen molar-refractivity contribution in [2.45, 2.75) is 25.3 Å². The summed E-state index contributed by atoms with van der Waals surface area (Å²) in [6, 6.07) is 9.18. The minimum absolute atomic E-state index is 0.0658. The Kier molecular flexibility index (Phi) is 3.45. The molecule has 0 aromatic heterocycles. The molecule has 1 heterocycles. The van der Waals surface area contributed by atoms with Crippen molar-refractivity contribution in [3.63, 3.8) is 0 Å². The van der Waals surface area contributed by atoms with Crippen LogP contribution in [0.15, 0.2) is 24.3 Å². The maximum Gasteiger partial charge on any atom is 0.253 e. The van der Waals surface area contributed by atoms with Gasteiger partial charge in [0, 0.05) is 24.7 Å². The van der Waals surface area contributed by atoms with Crippen LogP contribution >= 0.6 is 0 Å². The topological polar surface area (TPSA) is 70.1 Å². The number of carbonyl (C=O) groups excluding carboxylic acids is 1. The molecule has 3 atom stereocenters. The molecular formula is C16H19N3O. The Balaban J connectivity index is 1.73. The van der Waals surface area contributed by atoms with Crippen molar-refractivity contribution in [2.75, 3.05) is 13.1 Å². The highest BCUT2D eigenvalue weighted by Gasteiger charge is 2.40. The Labute approximate surface area is 119 Å². The standard InChI is InChI=1S/C16H19N3O/c17-8-11-4-6-12(7-5-11)16(20)19-9-13-2-1-3-15(18)14(13)10-19/h4-7,13-15H,1-3,9-10,18H2. The van der Waals surface area contributed by atoms with Crippen molar-refractivity contribution >= 4 is 5.91 Å². The number of amides is 1. The Morgan fingerprint density at radius 2 is 2.00 bits per heavy atom. The molecule has 104 valence electrons. The minimum Gasteiger partial charge on any atom is -0.338 e. The van der Waals surface area contributed by atoms with E-state index in [-0.39, 0.29) is 11.9 Å². The number of hydrogen-bond donors (Lipinski definition) is 1. The van der Waals surface area contributed by atoms with Gasteiger partial charge in [-0.3, -0.25) is 4.79 Å². The first kappa shape index (κ1) is 13.1. The van der Waals surface area contributed by atoms with Gasteiger partial charge < -0.3 is 10.6 Å². The maximum atomic E-state index is 12.5. The van der Waals surface area contributed by atoms with Gasteiger partial charge in [0.05, 0.1) is 11.6 Å². The van der Waals surface area contributed by atoms with Crippen molar-refractivity contribution in [3.8, 4) is 6.07 Å². The number of nitrogens with two attached hydrogens (primary N) is 1. The first-order valence-electron chi connectivity index (χ1n) is 7.24. The van der Waals surface area contributed by atoms with Crippen LogP contribution < -0.4 is 5.73 Å². The average molecular weight is 269 g/mol. The van der Waals surface area contributed by atoms with Gasteiger partial charge in [0.1, 0.15) is 0 Å². The lowest BCUT2D eigenvalue weighted by molar-refractivity contribution is 0.0783. The summed E-state index contributed by atoms with van der Waals surface area (Å²) in [5.41, 5.74) is 7.43. The molecule has 1 saturated carbocycles. The molecule has 1 aliphatic heterocycles. The second-order valence-electron chi connectivity index (χ2n) is 5.92. The van der Waals surface area contributed by atoms with Crippen LogP contribution in [0.4, 0.5) is 0 Å². The van der Waals surface area contributed by atoms with E-state index in [2.05, 4.69) is 6.07 Å². The fourth-order valence-electron chi connectivity index (χ4n) is 3.55. The van der Waals surface area contributed by atoms with Crippen LogP contribution in [0.1, 0.15) is 35.2 Å². The number of benzene rings is 1. The van der Waals surface area contributed by atoms with Crippen LogP contribution in [0, 0.1) is 23.2 Å². The summed E-state index contributed by atoms with van der Waals surface area (Å²) < 4.78 is 0. The fourth-order valence-corrected chi connectivity index (χ4v) is 3.55. The van der Waals surface area contributed by atoms with E-state index in [1.807, 2.05) is 4.90 Å².